The molecule has 2 N–H and O–H groups in total. The van der Waals surface area contributed by atoms with Gasteiger partial charge in [0.15, 0.2) is 0 Å². The summed E-state index contributed by atoms with van der Waals surface area (Å²) in [6, 6.07) is 6.45. The topological polar surface area (TPSA) is 35.2 Å². The van der Waals surface area contributed by atoms with Gasteiger partial charge in [-0.05, 0) is 62.6 Å². The van der Waals surface area contributed by atoms with E-state index in [0.29, 0.717) is 6.10 Å². The Morgan fingerprint density at radius 1 is 1.41 bits per heavy atom. The fourth-order valence-corrected chi connectivity index (χ4v) is 2.66. The highest BCUT2D eigenvalue weighted by atomic mass is 16.5. The molecule has 1 aromatic carbocycles. The summed E-state index contributed by atoms with van der Waals surface area (Å²) in [4.78, 5) is 0. The third kappa shape index (κ3) is 2.32. The molecular formula is C15H21NO. The molecule has 1 aromatic rings. The van der Waals surface area contributed by atoms with Gasteiger partial charge in [0, 0.05) is 5.54 Å². The smallest absolute Gasteiger partial charge is 0.123 e. The lowest BCUT2D eigenvalue weighted by Crippen LogP contribution is -2.23. The first-order valence-corrected chi connectivity index (χ1v) is 6.73. The van der Waals surface area contributed by atoms with E-state index in [1.165, 1.54) is 24.0 Å². The molecule has 1 atom stereocenters. The molecule has 92 valence electrons. The van der Waals surface area contributed by atoms with Crippen molar-refractivity contribution in [2.45, 2.75) is 57.1 Å². The Morgan fingerprint density at radius 2 is 2.24 bits per heavy atom. The Morgan fingerprint density at radius 3 is 3.00 bits per heavy atom. The molecule has 1 saturated carbocycles. The maximum absolute atomic E-state index is 6.16. The van der Waals surface area contributed by atoms with Gasteiger partial charge in [-0.1, -0.05) is 12.1 Å². The second-order valence-corrected chi connectivity index (χ2v) is 5.72. The van der Waals surface area contributed by atoms with Crippen molar-refractivity contribution in [3.8, 4) is 5.75 Å². The SMILES string of the molecule is CC1CCc2c(CCC3(N)CC3)cccc2O1. The normalized spacial score (nSPS) is 24.9. The lowest BCUT2D eigenvalue weighted by molar-refractivity contribution is 0.192. The molecule has 0 radical (unpaired) electrons. The van der Waals surface area contributed by atoms with Gasteiger partial charge in [-0.25, -0.2) is 0 Å². The van der Waals surface area contributed by atoms with Crippen molar-refractivity contribution in [2.24, 2.45) is 5.73 Å². The molecule has 1 heterocycles. The van der Waals surface area contributed by atoms with Crippen molar-refractivity contribution in [1.29, 1.82) is 0 Å². The average molecular weight is 231 g/mol. The lowest BCUT2D eigenvalue weighted by Gasteiger charge is -2.25. The van der Waals surface area contributed by atoms with Crippen LogP contribution >= 0.6 is 0 Å². The Hall–Kier alpha value is -1.02. The van der Waals surface area contributed by atoms with E-state index in [9.17, 15) is 0 Å². The van der Waals surface area contributed by atoms with Crippen LogP contribution in [0, 0.1) is 0 Å². The van der Waals surface area contributed by atoms with E-state index in [0.717, 1.165) is 31.4 Å². The molecule has 1 unspecified atom stereocenters. The van der Waals surface area contributed by atoms with Crippen LogP contribution in [0.1, 0.15) is 43.7 Å². The summed E-state index contributed by atoms with van der Waals surface area (Å²) in [5, 5.41) is 0. The highest BCUT2D eigenvalue weighted by Crippen LogP contribution is 2.38. The second-order valence-electron chi connectivity index (χ2n) is 5.72. The summed E-state index contributed by atoms with van der Waals surface area (Å²) < 4.78 is 5.89. The predicted octanol–water partition coefficient (Wildman–Crippen LogP) is 2.82. The largest absolute Gasteiger partial charge is 0.490 e. The number of benzene rings is 1. The Bertz CT molecular complexity index is 423. The molecular weight excluding hydrogens is 210 g/mol. The first kappa shape index (κ1) is 11.1. The van der Waals surface area contributed by atoms with Crippen LogP contribution < -0.4 is 10.5 Å². The molecule has 2 aliphatic rings. The molecule has 2 nitrogen and oxygen atoms in total. The molecule has 3 rings (SSSR count). The fraction of sp³-hybridized carbons (Fsp3) is 0.600. The van der Waals surface area contributed by atoms with E-state index >= 15 is 0 Å². The average Bonchev–Trinajstić information content (AvgIpc) is 3.05. The monoisotopic (exact) mass is 231 g/mol. The van der Waals surface area contributed by atoms with Gasteiger partial charge < -0.3 is 10.5 Å². The third-order valence-electron chi connectivity index (χ3n) is 4.14. The summed E-state index contributed by atoms with van der Waals surface area (Å²) in [6.07, 6.45) is 7.30. The van der Waals surface area contributed by atoms with Crippen molar-refractivity contribution in [1.82, 2.24) is 0 Å². The van der Waals surface area contributed by atoms with Gasteiger partial charge in [0.1, 0.15) is 5.75 Å². The predicted molar refractivity (Wildman–Crippen MR) is 69.3 cm³/mol. The van der Waals surface area contributed by atoms with Crippen molar-refractivity contribution in [3.05, 3.63) is 29.3 Å². The van der Waals surface area contributed by atoms with Crippen molar-refractivity contribution >= 4 is 0 Å². The number of hydrogen-bond acceptors (Lipinski definition) is 2. The summed E-state index contributed by atoms with van der Waals surface area (Å²) in [7, 11) is 0. The zero-order valence-electron chi connectivity index (χ0n) is 10.5. The van der Waals surface area contributed by atoms with Crippen LogP contribution in [-0.2, 0) is 12.8 Å². The molecule has 1 aliphatic heterocycles. The molecule has 0 amide bonds. The summed E-state index contributed by atoms with van der Waals surface area (Å²) in [5.74, 6) is 1.10. The van der Waals surface area contributed by atoms with Gasteiger partial charge in [-0.3, -0.25) is 0 Å². The van der Waals surface area contributed by atoms with Crippen LogP contribution in [0.4, 0.5) is 0 Å². The van der Waals surface area contributed by atoms with Gasteiger partial charge in [-0.2, -0.15) is 0 Å². The maximum Gasteiger partial charge on any atom is 0.123 e. The highest BCUT2D eigenvalue weighted by molar-refractivity contribution is 5.42. The van der Waals surface area contributed by atoms with E-state index in [2.05, 4.69) is 25.1 Å². The Kier molecular flexibility index (Phi) is 2.62. The van der Waals surface area contributed by atoms with Crippen molar-refractivity contribution in [2.75, 3.05) is 0 Å². The van der Waals surface area contributed by atoms with Crippen LogP contribution in [0.15, 0.2) is 18.2 Å². The molecule has 2 heteroatoms. The van der Waals surface area contributed by atoms with Crippen molar-refractivity contribution < 1.29 is 4.74 Å². The standard InChI is InChI=1S/C15H21NO/c1-11-5-6-13-12(3-2-4-14(13)17-11)7-8-15(16)9-10-15/h2-4,11H,5-10,16H2,1H3. The van der Waals surface area contributed by atoms with Crippen molar-refractivity contribution in [3.63, 3.8) is 0 Å². The van der Waals surface area contributed by atoms with E-state index in [4.69, 9.17) is 10.5 Å². The van der Waals surface area contributed by atoms with Gasteiger partial charge >= 0.3 is 0 Å². The Balaban J connectivity index is 1.77. The van der Waals surface area contributed by atoms with Gasteiger partial charge in [0.05, 0.1) is 6.10 Å². The summed E-state index contributed by atoms with van der Waals surface area (Å²) >= 11 is 0. The van der Waals surface area contributed by atoms with E-state index in [1.54, 1.807) is 0 Å². The second kappa shape index (κ2) is 4.02. The summed E-state index contributed by atoms with van der Waals surface area (Å²) in [6.45, 7) is 2.15. The van der Waals surface area contributed by atoms with Crippen LogP contribution in [0.25, 0.3) is 0 Å². The maximum atomic E-state index is 6.16. The van der Waals surface area contributed by atoms with Gasteiger partial charge in [0.25, 0.3) is 0 Å². The number of aryl methyl sites for hydroxylation is 1. The molecule has 1 aliphatic carbocycles. The lowest BCUT2D eigenvalue weighted by atomic mass is 9.93. The number of ether oxygens (including phenoxy) is 1. The van der Waals surface area contributed by atoms with Crippen LogP contribution in [0.5, 0.6) is 5.75 Å². The minimum Gasteiger partial charge on any atom is -0.490 e. The number of hydrogen-bond donors (Lipinski definition) is 1. The third-order valence-corrected chi connectivity index (χ3v) is 4.14. The molecule has 0 spiro atoms. The first-order chi connectivity index (χ1) is 8.16. The number of nitrogens with two attached hydrogens (primary N) is 1. The molecule has 0 bridgehead atoms. The molecule has 17 heavy (non-hydrogen) atoms. The zero-order chi connectivity index (χ0) is 11.9. The van der Waals surface area contributed by atoms with E-state index in [1.807, 2.05) is 0 Å². The van der Waals surface area contributed by atoms with Crippen LogP contribution in [0.3, 0.4) is 0 Å². The van der Waals surface area contributed by atoms with Crippen LogP contribution in [0.2, 0.25) is 0 Å². The molecule has 1 fully saturated rings. The van der Waals surface area contributed by atoms with E-state index < -0.39 is 0 Å². The minimum absolute atomic E-state index is 0.158. The van der Waals surface area contributed by atoms with Gasteiger partial charge in [-0.15, -0.1) is 0 Å². The van der Waals surface area contributed by atoms with E-state index in [-0.39, 0.29) is 5.54 Å². The highest BCUT2D eigenvalue weighted by Gasteiger charge is 2.37. The zero-order valence-corrected chi connectivity index (χ0v) is 10.5. The Labute approximate surface area is 103 Å². The first-order valence-electron chi connectivity index (χ1n) is 6.73. The number of rotatable bonds is 3. The quantitative estimate of drug-likeness (QED) is 0.868. The van der Waals surface area contributed by atoms with Crippen LogP contribution in [-0.4, -0.2) is 11.6 Å². The molecule has 0 aromatic heterocycles. The number of fused-ring (bicyclic) bond motifs is 1. The minimum atomic E-state index is 0.158. The molecule has 0 saturated heterocycles. The summed E-state index contributed by atoms with van der Waals surface area (Å²) in [5.41, 5.74) is 9.20. The fourth-order valence-electron chi connectivity index (χ4n) is 2.66. The van der Waals surface area contributed by atoms with Gasteiger partial charge in [0.2, 0.25) is 0 Å².